The molecule has 0 radical (unpaired) electrons. The Morgan fingerprint density at radius 1 is 1.22 bits per heavy atom. The molecule has 2 saturated heterocycles. The largest absolute Gasteiger partial charge is 0.481 e. The number of carboxylic acid groups (broad SMARTS) is 1. The smallest absolute Gasteiger partial charge is 0.308 e. The summed E-state index contributed by atoms with van der Waals surface area (Å²) in [5, 5.41) is 8.89. The van der Waals surface area contributed by atoms with Crippen LogP contribution in [0.1, 0.15) is 32.1 Å². The molecule has 1 amide bonds. The molecule has 0 saturated carbocycles. The zero-order valence-corrected chi connectivity index (χ0v) is 10.8. The van der Waals surface area contributed by atoms with Crippen molar-refractivity contribution in [2.24, 2.45) is 5.92 Å². The van der Waals surface area contributed by atoms with E-state index in [1.54, 1.807) is 4.90 Å². The lowest BCUT2D eigenvalue weighted by atomic mass is 10.1. The van der Waals surface area contributed by atoms with Crippen molar-refractivity contribution in [1.82, 2.24) is 9.80 Å². The lowest BCUT2D eigenvalue weighted by Gasteiger charge is -2.27. The molecule has 18 heavy (non-hydrogen) atoms. The van der Waals surface area contributed by atoms with Crippen molar-refractivity contribution in [3.63, 3.8) is 0 Å². The van der Waals surface area contributed by atoms with E-state index in [1.165, 1.54) is 32.4 Å². The molecule has 0 aromatic carbocycles. The molecule has 1 atom stereocenters. The molecule has 0 aromatic rings. The first-order valence-corrected chi connectivity index (χ1v) is 6.90. The zero-order chi connectivity index (χ0) is 13.0. The van der Waals surface area contributed by atoms with Crippen LogP contribution in [-0.4, -0.2) is 59.5 Å². The van der Waals surface area contributed by atoms with Crippen molar-refractivity contribution in [3.8, 4) is 0 Å². The van der Waals surface area contributed by atoms with Gasteiger partial charge in [0.25, 0.3) is 0 Å². The van der Waals surface area contributed by atoms with Crippen LogP contribution in [0.5, 0.6) is 0 Å². The molecule has 2 aliphatic heterocycles. The molecule has 2 aliphatic rings. The highest BCUT2D eigenvalue weighted by molar-refractivity contribution is 5.86. The molecule has 2 fully saturated rings. The Bertz CT molecular complexity index is 313. The van der Waals surface area contributed by atoms with Gasteiger partial charge in [0.2, 0.25) is 5.91 Å². The summed E-state index contributed by atoms with van der Waals surface area (Å²) < 4.78 is 0. The van der Waals surface area contributed by atoms with E-state index in [9.17, 15) is 9.59 Å². The molecule has 0 aliphatic carbocycles. The average molecular weight is 254 g/mol. The molecule has 0 bridgehead atoms. The van der Waals surface area contributed by atoms with E-state index in [0.717, 1.165) is 13.0 Å². The Morgan fingerprint density at radius 2 is 1.94 bits per heavy atom. The summed E-state index contributed by atoms with van der Waals surface area (Å²) in [5.74, 6) is -1.34. The van der Waals surface area contributed by atoms with Gasteiger partial charge in [-0.1, -0.05) is 6.42 Å². The number of carbonyl (C=O) groups excluding carboxylic acids is 1. The molecule has 102 valence electrons. The zero-order valence-electron chi connectivity index (χ0n) is 10.8. The van der Waals surface area contributed by atoms with E-state index in [0.29, 0.717) is 13.1 Å². The van der Waals surface area contributed by atoms with Crippen molar-refractivity contribution >= 4 is 11.9 Å². The van der Waals surface area contributed by atoms with Gasteiger partial charge in [0.1, 0.15) is 0 Å². The highest BCUT2D eigenvalue weighted by Crippen LogP contribution is 2.18. The summed E-state index contributed by atoms with van der Waals surface area (Å²) in [4.78, 5) is 26.6. The molecule has 0 aromatic heterocycles. The number of carboxylic acids is 1. The van der Waals surface area contributed by atoms with Gasteiger partial charge in [-0.05, 0) is 38.9 Å². The number of aliphatic carboxylic acids is 1. The number of nitrogens with zero attached hydrogens (tertiary/aromatic N) is 2. The normalized spacial score (nSPS) is 25.7. The third-order valence-electron chi connectivity index (χ3n) is 3.91. The van der Waals surface area contributed by atoms with Crippen LogP contribution in [0, 0.1) is 5.92 Å². The van der Waals surface area contributed by atoms with Crippen LogP contribution in [-0.2, 0) is 9.59 Å². The summed E-state index contributed by atoms with van der Waals surface area (Å²) in [6.45, 7) is 4.48. The first-order chi connectivity index (χ1) is 8.66. The molecule has 1 N–H and O–H groups in total. The minimum atomic E-state index is -0.845. The molecular weight excluding hydrogens is 232 g/mol. The summed E-state index contributed by atoms with van der Waals surface area (Å²) in [6, 6.07) is 0. The SMILES string of the molecule is O=C(O)C1CC(=O)N(CCCN2CCCCC2)C1. The van der Waals surface area contributed by atoms with Gasteiger partial charge in [-0.15, -0.1) is 0 Å². The number of rotatable bonds is 5. The third kappa shape index (κ3) is 3.45. The molecule has 5 nitrogen and oxygen atoms in total. The highest BCUT2D eigenvalue weighted by Gasteiger charge is 2.33. The number of amides is 1. The van der Waals surface area contributed by atoms with Gasteiger partial charge in [-0.3, -0.25) is 9.59 Å². The second kappa shape index (κ2) is 6.18. The fraction of sp³-hybridized carbons (Fsp3) is 0.846. The number of hydrogen-bond acceptors (Lipinski definition) is 3. The van der Waals surface area contributed by atoms with Crippen LogP contribution in [0.25, 0.3) is 0 Å². The second-order valence-electron chi connectivity index (χ2n) is 5.33. The maximum atomic E-state index is 11.6. The monoisotopic (exact) mass is 254 g/mol. The van der Waals surface area contributed by atoms with E-state index in [1.807, 2.05) is 0 Å². The maximum absolute atomic E-state index is 11.6. The highest BCUT2D eigenvalue weighted by atomic mass is 16.4. The molecule has 1 unspecified atom stereocenters. The van der Waals surface area contributed by atoms with Crippen molar-refractivity contribution in [2.75, 3.05) is 32.7 Å². The van der Waals surface area contributed by atoms with Gasteiger partial charge in [0.05, 0.1) is 5.92 Å². The standard InChI is InChI=1S/C13H22N2O3/c16-12-9-11(13(17)18)10-15(12)8-4-7-14-5-2-1-3-6-14/h11H,1-10H2,(H,17,18). The molecule has 5 heteroatoms. The van der Waals surface area contributed by atoms with Crippen molar-refractivity contribution in [2.45, 2.75) is 32.1 Å². The van der Waals surface area contributed by atoms with Crippen LogP contribution < -0.4 is 0 Å². The third-order valence-corrected chi connectivity index (χ3v) is 3.91. The Kier molecular flexibility index (Phi) is 4.58. The lowest BCUT2D eigenvalue weighted by Crippen LogP contribution is -2.34. The van der Waals surface area contributed by atoms with Gasteiger partial charge in [-0.2, -0.15) is 0 Å². The van der Waals surface area contributed by atoms with E-state index in [-0.39, 0.29) is 12.3 Å². The summed E-state index contributed by atoms with van der Waals surface area (Å²) in [5.41, 5.74) is 0. The van der Waals surface area contributed by atoms with Gasteiger partial charge >= 0.3 is 5.97 Å². The fourth-order valence-electron chi connectivity index (χ4n) is 2.82. The first kappa shape index (κ1) is 13.3. The van der Waals surface area contributed by atoms with E-state index < -0.39 is 11.9 Å². The number of carbonyl (C=O) groups is 2. The number of piperidine rings is 1. The van der Waals surface area contributed by atoms with Crippen molar-refractivity contribution in [1.29, 1.82) is 0 Å². The van der Waals surface area contributed by atoms with Crippen molar-refractivity contribution < 1.29 is 14.7 Å². The Balaban J connectivity index is 1.67. The molecular formula is C13H22N2O3. The minimum Gasteiger partial charge on any atom is -0.481 e. The topological polar surface area (TPSA) is 60.9 Å². The van der Waals surface area contributed by atoms with E-state index in [4.69, 9.17) is 5.11 Å². The molecule has 2 rings (SSSR count). The molecule has 0 spiro atoms. The van der Waals surface area contributed by atoms with Crippen LogP contribution in [0.2, 0.25) is 0 Å². The summed E-state index contributed by atoms with van der Waals surface area (Å²) in [6.07, 6.45) is 5.03. The predicted octanol–water partition coefficient (Wildman–Crippen LogP) is 0.795. The van der Waals surface area contributed by atoms with Gasteiger partial charge in [-0.25, -0.2) is 0 Å². The maximum Gasteiger partial charge on any atom is 0.308 e. The Labute approximate surface area is 108 Å². The minimum absolute atomic E-state index is 0.000967. The number of likely N-dealkylation sites (tertiary alicyclic amines) is 2. The van der Waals surface area contributed by atoms with E-state index >= 15 is 0 Å². The van der Waals surface area contributed by atoms with Crippen LogP contribution >= 0.6 is 0 Å². The fourth-order valence-corrected chi connectivity index (χ4v) is 2.82. The van der Waals surface area contributed by atoms with Crippen LogP contribution in [0.3, 0.4) is 0 Å². The van der Waals surface area contributed by atoms with Gasteiger partial charge < -0.3 is 14.9 Å². The lowest BCUT2D eigenvalue weighted by molar-refractivity contribution is -0.141. The van der Waals surface area contributed by atoms with E-state index in [2.05, 4.69) is 4.90 Å². The Hall–Kier alpha value is -1.10. The van der Waals surface area contributed by atoms with Gasteiger partial charge in [0.15, 0.2) is 0 Å². The Morgan fingerprint density at radius 3 is 2.56 bits per heavy atom. The quantitative estimate of drug-likeness (QED) is 0.788. The molecule has 2 heterocycles. The summed E-state index contributed by atoms with van der Waals surface area (Å²) >= 11 is 0. The van der Waals surface area contributed by atoms with Crippen LogP contribution in [0.4, 0.5) is 0 Å². The van der Waals surface area contributed by atoms with Crippen molar-refractivity contribution in [3.05, 3.63) is 0 Å². The van der Waals surface area contributed by atoms with Gasteiger partial charge in [0, 0.05) is 19.5 Å². The number of hydrogen-bond donors (Lipinski definition) is 1. The van der Waals surface area contributed by atoms with Crippen LogP contribution in [0.15, 0.2) is 0 Å². The first-order valence-electron chi connectivity index (χ1n) is 6.90. The predicted molar refractivity (Wildman–Crippen MR) is 67.2 cm³/mol. The second-order valence-corrected chi connectivity index (χ2v) is 5.33. The average Bonchev–Trinajstić information content (AvgIpc) is 2.73. The summed E-state index contributed by atoms with van der Waals surface area (Å²) in [7, 11) is 0.